The van der Waals surface area contributed by atoms with Gasteiger partial charge >= 0.3 is 5.97 Å². The Balaban J connectivity index is 2.84. The quantitative estimate of drug-likeness (QED) is 0.470. The van der Waals surface area contributed by atoms with Crippen molar-refractivity contribution in [2.75, 3.05) is 0 Å². The lowest BCUT2D eigenvalue weighted by Crippen LogP contribution is -2.52. The maximum Gasteiger partial charge on any atom is 0.325 e. The molecule has 1 aromatic rings. The molecule has 0 fully saturated rings. The van der Waals surface area contributed by atoms with Crippen molar-refractivity contribution in [2.45, 2.75) is 58.5 Å². The number of benzene rings is 1. The number of carboxylic acids is 1. The van der Waals surface area contributed by atoms with Crippen molar-refractivity contribution >= 4 is 23.7 Å². The molecule has 0 saturated heterocycles. The van der Waals surface area contributed by atoms with Gasteiger partial charge in [0.2, 0.25) is 17.7 Å². The lowest BCUT2D eigenvalue weighted by molar-refractivity contribution is -0.141. The molecule has 0 aliphatic heterocycles. The molecule has 1 rings (SSSR count). The Labute approximate surface area is 164 Å². The summed E-state index contributed by atoms with van der Waals surface area (Å²) in [6.45, 7) is 7.22. The van der Waals surface area contributed by atoms with Crippen LogP contribution in [0.1, 0.15) is 51.2 Å². The van der Waals surface area contributed by atoms with E-state index in [0.29, 0.717) is 5.92 Å². The highest BCUT2D eigenvalue weighted by Gasteiger charge is 2.27. The SMILES string of the molecule is CC(C)Cc1ccc(C(C)C(=O)NC(CC(N)=O)C(=O)NC(C)C(=O)O)cc1. The normalized spacial score (nSPS) is 14.0. The van der Waals surface area contributed by atoms with Gasteiger partial charge in [0.1, 0.15) is 12.1 Å². The number of amides is 3. The summed E-state index contributed by atoms with van der Waals surface area (Å²) < 4.78 is 0. The summed E-state index contributed by atoms with van der Waals surface area (Å²) in [4.78, 5) is 47.0. The topological polar surface area (TPSA) is 139 Å². The molecule has 5 N–H and O–H groups in total. The van der Waals surface area contributed by atoms with Gasteiger partial charge in [-0.1, -0.05) is 38.1 Å². The van der Waals surface area contributed by atoms with Crippen LogP contribution >= 0.6 is 0 Å². The lowest BCUT2D eigenvalue weighted by Gasteiger charge is -2.21. The zero-order chi connectivity index (χ0) is 21.4. The Morgan fingerprint density at radius 3 is 2.00 bits per heavy atom. The van der Waals surface area contributed by atoms with E-state index in [-0.39, 0.29) is 0 Å². The first-order chi connectivity index (χ1) is 13.0. The monoisotopic (exact) mass is 391 g/mol. The van der Waals surface area contributed by atoms with E-state index < -0.39 is 48.1 Å². The molecule has 3 amide bonds. The average molecular weight is 391 g/mol. The number of primary amides is 1. The van der Waals surface area contributed by atoms with Crippen molar-refractivity contribution in [1.29, 1.82) is 0 Å². The Hall–Kier alpha value is -2.90. The van der Waals surface area contributed by atoms with Gasteiger partial charge in [-0.2, -0.15) is 0 Å². The fourth-order valence-corrected chi connectivity index (χ4v) is 2.65. The highest BCUT2D eigenvalue weighted by Crippen LogP contribution is 2.18. The molecule has 8 nitrogen and oxygen atoms in total. The number of carbonyl (C=O) groups is 4. The van der Waals surface area contributed by atoms with E-state index in [1.54, 1.807) is 6.92 Å². The van der Waals surface area contributed by atoms with Crippen LogP contribution in [0.5, 0.6) is 0 Å². The van der Waals surface area contributed by atoms with E-state index >= 15 is 0 Å². The third-order valence-electron chi connectivity index (χ3n) is 4.28. The van der Waals surface area contributed by atoms with Crippen molar-refractivity contribution in [2.24, 2.45) is 11.7 Å². The van der Waals surface area contributed by atoms with E-state index in [1.807, 2.05) is 24.3 Å². The second-order valence-corrected chi connectivity index (χ2v) is 7.36. The first kappa shape index (κ1) is 23.1. The number of carbonyl (C=O) groups excluding carboxylic acids is 3. The fraction of sp³-hybridized carbons (Fsp3) is 0.500. The molecule has 0 aliphatic carbocycles. The number of nitrogens with one attached hydrogen (secondary N) is 2. The second kappa shape index (κ2) is 10.4. The highest BCUT2D eigenvalue weighted by molar-refractivity contribution is 5.94. The molecule has 28 heavy (non-hydrogen) atoms. The molecule has 0 heterocycles. The standard InChI is InChI=1S/C20H29N3O5/c1-11(2)9-14-5-7-15(8-6-14)12(3)18(25)23-16(10-17(21)24)19(26)22-13(4)20(27)28/h5-8,11-13,16H,9-10H2,1-4H3,(H2,21,24)(H,22,26)(H,23,25)(H,27,28). The summed E-state index contributed by atoms with van der Waals surface area (Å²) in [6.07, 6.45) is 0.507. The van der Waals surface area contributed by atoms with Gasteiger partial charge in [0.15, 0.2) is 0 Å². The van der Waals surface area contributed by atoms with Gasteiger partial charge in [-0.3, -0.25) is 19.2 Å². The zero-order valence-corrected chi connectivity index (χ0v) is 16.7. The van der Waals surface area contributed by atoms with Gasteiger partial charge < -0.3 is 21.5 Å². The molecule has 0 aromatic heterocycles. The van der Waals surface area contributed by atoms with Gasteiger partial charge in [0.25, 0.3) is 0 Å². The molecule has 0 spiro atoms. The largest absolute Gasteiger partial charge is 0.480 e. The first-order valence-corrected chi connectivity index (χ1v) is 9.22. The minimum atomic E-state index is -1.24. The number of hydrogen-bond donors (Lipinski definition) is 4. The van der Waals surface area contributed by atoms with Crippen LogP contribution in [0.3, 0.4) is 0 Å². The van der Waals surface area contributed by atoms with Crippen molar-refractivity contribution in [3.63, 3.8) is 0 Å². The van der Waals surface area contributed by atoms with Crippen LogP contribution in [-0.4, -0.2) is 40.9 Å². The molecule has 0 bridgehead atoms. The summed E-state index contributed by atoms with van der Waals surface area (Å²) in [5, 5.41) is 13.6. The van der Waals surface area contributed by atoms with Crippen LogP contribution in [0, 0.1) is 5.92 Å². The maximum atomic E-state index is 12.6. The predicted molar refractivity (Wildman–Crippen MR) is 104 cm³/mol. The highest BCUT2D eigenvalue weighted by atomic mass is 16.4. The zero-order valence-electron chi connectivity index (χ0n) is 16.7. The summed E-state index contributed by atoms with van der Waals surface area (Å²) in [5.74, 6) is -3.29. The number of carboxylic acid groups (broad SMARTS) is 1. The smallest absolute Gasteiger partial charge is 0.325 e. The Kier molecular flexibility index (Phi) is 8.63. The average Bonchev–Trinajstić information content (AvgIpc) is 2.60. The molecule has 0 aliphatic rings. The summed E-state index contributed by atoms with van der Waals surface area (Å²) in [5.41, 5.74) is 7.09. The Morgan fingerprint density at radius 2 is 1.54 bits per heavy atom. The van der Waals surface area contributed by atoms with E-state index in [1.165, 1.54) is 12.5 Å². The van der Waals surface area contributed by atoms with Gasteiger partial charge in [0.05, 0.1) is 12.3 Å². The molecule has 8 heteroatoms. The van der Waals surface area contributed by atoms with Crippen LogP contribution in [-0.2, 0) is 25.6 Å². The Bertz CT molecular complexity index is 715. The molecular formula is C20H29N3O5. The predicted octanol–water partition coefficient (Wildman–Crippen LogP) is 0.938. The van der Waals surface area contributed by atoms with E-state index in [0.717, 1.165) is 12.0 Å². The molecule has 1 aromatic carbocycles. The molecule has 3 atom stereocenters. The van der Waals surface area contributed by atoms with E-state index in [4.69, 9.17) is 10.8 Å². The minimum absolute atomic E-state index is 0.427. The van der Waals surface area contributed by atoms with Crippen molar-refractivity contribution in [3.05, 3.63) is 35.4 Å². The van der Waals surface area contributed by atoms with Crippen LogP contribution in [0.4, 0.5) is 0 Å². The summed E-state index contributed by atoms with van der Waals surface area (Å²) >= 11 is 0. The number of rotatable bonds is 10. The third kappa shape index (κ3) is 7.38. The maximum absolute atomic E-state index is 12.6. The van der Waals surface area contributed by atoms with Gasteiger partial charge in [-0.25, -0.2) is 0 Å². The Morgan fingerprint density at radius 1 is 0.964 bits per heavy atom. The van der Waals surface area contributed by atoms with E-state index in [2.05, 4.69) is 24.5 Å². The van der Waals surface area contributed by atoms with Crippen molar-refractivity contribution in [1.82, 2.24) is 10.6 Å². The van der Waals surface area contributed by atoms with E-state index in [9.17, 15) is 19.2 Å². The molecule has 154 valence electrons. The third-order valence-corrected chi connectivity index (χ3v) is 4.28. The second-order valence-electron chi connectivity index (χ2n) is 7.36. The molecular weight excluding hydrogens is 362 g/mol. The van der Waals surface area contributed by atoms with Crippen LogP contribution in [0.15, 0.2) is 24.3 Å². The number of aliphatic carboxylic acids is 1. The first-order valence-electron chi connectivity index (χ1n) is 9.22. The number of nitrogens with two attached hydrogens (primary N) is 1. The lowest BCUT2D eigenvalue weighted by atomic mass is 9.96. The summed E-state index contributed by atoms with van der Waals surface area (Å²) in [7, 11) is 0. The molecule has 0 radical (unpaired) electrons. The summed E-state index contributed by atoms with van der Waals surface area (Å²) in [6, 6.07) is 5.23. The van der Waals surface area contributed by atoms with Gasteiger partial charge in [-0.15, -0.1) is 0 Å². The fourth-order valence-electron chi connectivity index (χ4n) is 2.65. The van der Waals surface area contributed by atoms with Crippen molar-refractivity contribution in [3.8, 4) is 0 Å². The van der Waals surface area contributed by atoms with Crippen LogP contribution in [0.2, 0.25) is 0 Å². The van der Waals surface area contributed by atoms with Crippen LogP contribution < -0.4 is 16.4 Å². The number of hydrogen-bond acceptors (Lipinski definition) is 4. The van der Waals surface area contributed by atoms with Crippen LogP contribution in [0.25, 0.3) is 0 Å². The van der Waals surface area contributed by atoms with Gasteiger partial charge in [-0.05, 0) is 37.3 Å². The minimum Gasteiger partial charge on any atom is -0.480 e. The van der Waals surface area contributed by atoms with Gasteiger partial charge in [0, 0.05) is 0 Å². The molecule has 3 unspecified atom stereocenters. The van der Waals surface area contributed by atoms with Crippen molar-refractivity contribution < 1.29 is 24.3 Å². The molecule has 0 saturated carbocycles.